The molecule has 0 aliphatic rings. The molecule has 1 unspecified atom stereocenters. The molecule has 3 nitrogen and oxygen atoms in total. The molecule has 0 saturated carbocycles. The van der Waals surface area contributed by atoms with E-state index in [1.165, 1.54) is 24.8 Å². The predicted octanol–water partition coefficient (Wildman–Crippen LogP) is 3.29. The van der Waals surface area contributed by atoms with Crippen molar-refractivity contribution < 1.29 is 9.84 Å². The summed E-state index contributed by atoms with van der Waals surface area (Å²) in [5.41, 5.74) is 1.19. The number of hydrogen-bond donors (Lipinski definition) is 2. The van der Waals surface area contributed by atoms with Gasteiger partial charge in [-0.05, 0) is 37.6 Å². The molecule has 0 aromatic heterocycles. The van der Waals surface area contributed by atoms with Crippen LogP contribution in [0.15, 0.2) is 24.3 Å². The van der Waals surface area contributed by atoms with Gasteiger partial charge in [-0.3, -0.25) is 0 Å². The van der Waals surface area contributed by atoms with Crippen LogP contribution in [-0.2, 0) is 0 Å². The average molecular weight is 265 g/mol. The highest BCUT2D eigenvalue weighted by Crippen LogP contribution is 2.20. The highest BCUT2D eigenvalue weighted by molar-refractivity contribution is 5.29. The second-order valence-corrected chi connectivity index (χ2v) is 4.83. The van der Waals surface area contributed by atoms with Crippen molar-refractivity contribution in [1.82, 2.24) is 5.32 Å². The van der Waals surface area contributed by atoms with E-state index in [4.69, 9.17) is 9.84 Å². The first kappa shape index (κ1) is 16.0. The van der Waals surface area contributed by atoms with Crippen LogP contribution in [0.5, 0.6) is 5.75 Å². The number of unbranched alkanes of at least 4 members (excludes halogenated alkanes) is 3. The number of hydrogen-bond acceptors (Lipinski definition) is 3. The Bertz CT molecular complexity index is 324. The molecule has 0 radical (unpaired) electrons. The Morgan fingerprint density at radius 2 is 1.89 bits per heavy atom. The minimum atomic E-state index is 0.196. The van der Waals surface area contributed by atoms with Gasteiger partial charge in [-0.15, -0.1) is 0 Å². The Labute approximate surface area is 117 Å². The summed E-state index contributed by atoms with van der Waals surface area (Å²) >= 11 is 0. The van der Waals surface area contributed by atoms with Gasteiger partial charge in [-0.2, -0.15) is 0 Å². The highest BCUT2D eigenvalue weighted by Gasteiger charge is 2.07. The van der Waals surface area contributed by atoms with Crippen LogP contribution in [0, 0.1) is 0 Å². The van der Waals surface area contributed by atoms with E-state index in [1.807, 2.05) is 19.2 Å². The normalized spacial score (nSPS) is 12.4. The molecule has 1 atom stereocenters. The van der Waals surface area contributed by atoms with Crippen LogP contribution in [0.1, 0.15) is 50.6 Å². The fraction of sp³-hybridized carbons (Fsp3) is 0.625. The summed E-state index contributed by atoms with van der Waals surface area (Å²) in [5, 5.41) is 12.2. The first-order valence-corrected chi connectivity index (χ1v) is 7.32. The molecular weight excluding hydrogens is 238 g/mol. The van der Waals surface area contributed by atoms with Crippen LogP contribution in [0.3, 0.4) is 0 Å². The van der Waals surface area contributed by atoms with E-state index in [2.05, 4.69) is 24.4 Å². The summed E-state index contributed by atoms with van der Waals surface area (Å²) < 4.78 is 5.71. The quantitative estimate of drug-likeness (QED) is 0.638. The Hall–Kier alpha value is -1.06. The van der Waals surface area contributed by atoms with Gasteiger partial charge in [0, 0.05) is 12.6 Å². The van der Waals surface area contributed by atoms with Crippen molar-refractivity contribution in [3.05, 3.63) is 29.8 Å². The fourth-order valence-electron chi connectivity index (χ4n) is 2.12. The third-order valence-electron chi connectivity index (χ3n) is 3.32. The van der Waals surface area contributed by atoms with Crippen LogP contribution in [0.2, 0.25) is 0 Å². The van der Waals surface area contributed by atoms with Gasteiger partial charge in [0.25, 0.3) is 0 Å². The lowest BCUT2D eigenvalue weighted by atomic mass is 10.0. The smallest absolute Gasteiger partial charge is 0.119 e. The molecule has 19 heavy (non-hydrogen) atoms. The second-order valence-electron chi connectivity index (χ2n) is 4.83. The predicted molar refractivity (Wildman–Crippen MR) is 79.6 cm³/mol. The van der Waals surface area contributed by atoms with Gasteiger partial charge < -0.3 is 15.2 Å². The zero-order valence-electron chi connectivity index (χ0n) is 12.2. The van der Waals surface area contributed by atoms with E-state index >= 15 is 0 Å². The zero-order chi connectivity index (χ0) is 13.9. The molecule has 0 aliphatic heterocycles. The van der Waals surface area contributed by atoms with Crippen LogP contribution in [-0.4, -0.2) is 25.4 Å². The van der Waals surface area contributed by atoms with Gasteiger partial charge in [-0.1, -0.05) is 38.3 Å². The minimum absolute atomic E-state index is 0.196. The summed E-state index contributed by atoms with van der Waals surface area (Å²) in [4.78, 5) is 0. The van der Waals surface area contributed by atoms with Crippen molar-refractivity contribution in [3.63, 3.8) is 0 Å². The lowest BCUT2D eigenvalue weighted by molar-refractivity contribution is 0.268. The number of aliphatic hydroxyl groups is 1. The van der Waals surface area contributed by atoms with Crippen molar-refractivity contribution in [2.75, 3.05) is 20.3 Å². The lowest BCUT2D eigenvalue weighted by Crippen LogP contribution is -2.17. The highest BCUT2D eigenvalue weighted by atomic mass is 16.5. The Balaban J connectivity index is 2.38. The van der Waals surface area contributed by atoms with Crippen LogP contribution in [0.4, 0.5) is 0 Å². The average Bonchev–Trinajstić information content (AvgIpc) is 2.45. The molecule has 0 spiro atoms. The van der Waals surface area contributed by atoms with Crippen molar-refractivity contribution >= 4 is 0 Å². The first-order valence-electron chi connectivity index (χ1n) is 7.32. The Morgan fingerprint density at radius 3 is 2.47 bits per heavy atom. The van der Waals surface area contributed by atoms with Crippen LogP contribution < -0.4 is 10.1 Å². The molecule has 0 fully saturated rings. The largest absolute Gasteiger partial charge is 0.494 e. The van der Waals surface area contributed by atoms with E-state index in [9.17, 15) is 0 Å². The van der Waals surface area contributed by atoms with Gasteiger partial charge in [0.15, 0.2) is 0 Å². The maximum Gasteiger partial charge on any atom is 0.119 e. The molecule has 1 aromatic carbocycles. The maximum atomic E-state index is 9.01. The Kier molecular flexibility index (Phi) is 8.26. The summed E-state index contributed by atoms with van der Waals surface area (Å²) in [6.45, 7) is 3.21. The standard InChI is InChI=1S/C16H27NO2/c1-3-4-5-6-13-19-15-9-7-14(8-10-15)16(17-2)11-12-18/h7-10,16-18H,3-6,11-13H2,1-2H3. The summed E-state index contributed by atoms with van der Waals surface area (Å²) in [6, 6.07) is 8.37. The number of ether oxygens (including phenoxy) is 1. The minimum Gasteiger partial charge on any atom is -0.494 e. The van der Waals surface area contributed by atoms with E-state index in [-0.39, 0.29) is 12.6 Å². The second kappa shape index (κ2) is 9.82. The molecule has 108 valence electrons. The lowest BCUT2D eigenvalue weighted by Gasteiger charge is -2.15. The molecule has 0 bridgehead atoms. The van der Waals surface area contributed by atoms with Gasteiger partial charge in [0.05, 0.1) is 6.61 Å². The molecule has 0 saturated heterocycles. The molecule has 1 aromatic rings. The first-order chi connectivity index (χ1) is 9.31. The van der Waals surface area contributed by atoms with E-state index in [0.29, 0.717) is 0 Å². The van der Waals surface area contributed by atoms with Crippen LogP contribution >= 0.6 is 0 Å². The van der Waals surface area contributed by atoms with Gasteiger partial charge in [-0.25, -0.2) is 0 Å². The van der Waals surface area contributed by atoms with Crippen molar-refractivity contribution in [2.45, 2.75) is 45.1 Å². The van der Waals surface area contributed by atoms with Crippen molar-refractivity contribution in [3.8, 4) is 5.75 Å². The van der Waals surface area contributed by atoms with E-state index < -0.39 is 0 Å². The van der Waals surface area contributed by atoms with Crippen molar-refractivity contribution in [1.29, 1.82) is 0 Å². The van der Waals surface area contributed by atoms with Gasteiger partial charge in [0.2, 0.25) is 0 Å². The Morgan fingerprint density at radius 1 is 1.16 bits per heavy atom. The van der Waals surface area contributed by atoms with Crippen LogP contribution in [0.25, 0.3) is 0 Å². The topological polar surface area (TPSA) is 41.5 Å². The number of benzene rings is 1. The molecule has 3 heteroatoms. The molecular formula is C16H27NO2. The monoisotopic (exact) mass is 265 g/mol. The van der Waals surface area contributed by atoms with Crippen molar-refractivity contribution in [2.24, 2.45) is 0 Å². The van der Waals surface area contributed by atoms with Gasteiger partial charge in [0.1, 0.15) is 5.75 Å². The van der Waals surface area contributed by atoms with E-state index in [0.717, 1.165) is 25.2 Å². The third-order valence-corrected chi connectivity index (χ3v) is 3.32. The number of rotatable bonds is 10. The number of aliphatic hydroxyl groups excluding tert-OH is 1. The maximum absolute atomic E-state index is 9.01. The van der Waals surface area contributed by atoms with E-state index in [1.54, 1.807) is 0 Å². The zero-order valence-corrected chi connectivity index (χ0v) is 12.2. The summed E-state index contributed by atoms with van der Waals surface area (Å²) in [6.07, 6.45) is 5.64. The molecule has 0 amide bonds. The SMILES string of the molecule is CCCCCCOc1ccc(C(CCO)NC)cc1. The molecule has 1 rings (SSSR count). The molecule has 0 heterocycles. The molecule has 0 aliphatic carbocycles. The summed E-state index contributed by atoms with van der Waals surface area (Å²) in [7, 11) is 1.92. The number of nitrogens with one attached hydrogen (secondary N) is 1. The fourth-order valence-corrected chi connectivity index (χ4v) is 2.12. The van der Waals surface area contributed by atoms with Gasteiger partial charge >= 0.3 is 0 Å². The molecule has 2 N–H and O–H groups in total. The third kappa shape index (κ3) is 6.08. The summed E-state index contributed by atoms with van der Waals surface area (Å²) in [5.74, 6) is 0.930.